The topological polar surface area (TPSA) is 86.8 Å². The number of aryl methyl sites for hydroxylation is 2. The predicted octanol–water partition coefficient (Wildman–Crippen LogP) is 6.50. The van der Waals surface area contributed by atoms with Gasteiger partial charge in [-0.25, -0.2) is 8.42 Å². The summed E-state index contributed by atoms with van der Waals surface area (Å²) in [5, 5.41) is 2.18. The van der Waals surface area contributed by atoms with Crippen LogP contribution in [0.3, 0.4) is 0 Å². The number of carbonyl (C=O) groups is 2. The maximum absolute atomic E-state index is 14.1. The summed E-state index contributed by atoms with van der Waals surface area (Å²) < 4.78 is 69.9. The number of alkyl halides is 3. The van der Waals surface area contributed by atoms with Gasteiger partial charge in [0.2, 0.25) is 11.8 Å². The largest absolute Gasteiger partial charge is 0.417 e. The van der Waals surface area contributed by atoms with Crippen LogP contribution in [0.1, 0.15) is 49.4 Å². The fourth-order valence-corrected chi connectivity index (χ4v) is 6.19. The molecule has 43 heavy (non-hydrogen) atoms. The molecule has 3 aromatic rings. The van der Waals surface area contributed by atoms with E-state index in [0.29, 0.717) is 15.9 Å². The summed E-state index contributed by atoms with van der Waals surface area (Å²) in [6.07, 6.45) is -4.67. The molecule has 1 atom stereocenters. The molecule has 3 rings (SSSR count). The van der Waals surface area contributed by atoms with Gasteiger partial charge in [-0.2, -0.15) is 13.2 Å². The van der Waals surface area contributed by atoms with Crippen LogP contribution >= 0.6 is 11.6 Å². The average molecular weight is 638 g/mol. The number of halogens is 4. The molecule has 0 saturated heterocycles. The molecule has 0 heterocycles. The number of amides is 2. The molecule has 12 heteroatoms. The van der Waals surface area contributed by atoms with E-state index in [4.69, 9.17) is 11.6 Å². The van der Waals surface area contributed by atoms with Crippen LogP contribution < -0.4 is 9.62 Å². The maximum Gasteiger partial charge on any atom is 0.417 e. The van der Waals surface area contributed by atoms with E-state index in [-0.39, 0.29) is 23.9 Å². The van der Waals surface area contributed by atoms with E-state index >= 15 is 0 Å². The summed E-state index contributed by atoms with van der Waals surface area (Å²) in [4.78, 5) is 28.3. The molecule has 2 amide bonds. The van der Waals surface area contributed by atoms with Crippen molar-refractivity contribution in [1.82, 2.24) is 10.2 Å². The highest BCUT2D eigenvalue weighted by atomic mass is 35.5. The number of carbonyl (C=O) groups excluding carboxylic acids is 2. The van der Waals surface area contributed by atoms with Gasteiger partial charge in [-0.05, 0) is 70.0 Å². The Morgan fingerprint density at radius 2 is 1.60 bits per heavy atom. The second kappa shape index (κ2) is 13.8. The summed E-state index contributed by atoms with van der Waals surface area (Å²) in [6.45, 7) is 7.98. The van der Waals surface area contributed by atoms with E-state index < -0.39 is 56.9 Å². The van der Waals surface area contributed by atoms with Crippen LogP contribution in [-0.4, -0.2) is 43.8 Å². The smallest absolute Gasteiger partial charge is 0.352 e. The first-order valence-electron chi connectivity index (χ1n) is 13.7. The van der Waals surface area contributed by atoms with Crippen molar-refractivity contribution in [3.8, 4) is 0 Å². The van der Waals surface area contributed by atoms with Crippen molar-refractivity contribution in [3.63, 3.8) is 0 Å². The standard InChI is InChI=1S/C31H35ClF3N3O4S/c1-6-28(30(40)36-20(2)3)37(18-23-9-7-8-22(5)16-23)29(39)19-38(43(41,42)25-13-10-21(4)11-14-25)24-12-15-27(32)26(17-24)31(33,34)35/h7-17,20,28H,6,18-19H2,1-5H3,(H,36,40)/t28-/m0/s1. The molecule has 0 unspecified atom stereocenters. The molecule has 1 N–H and O–H groups in total. The van der Waals surface area contributed by atoms with Gasteiger partial charge >= 0.3 is 6.18 Å². The molecule has 0 aromatic heterocycles. The lowest BCUT2D eigenvalue weighted by atomic mass is 10.1. The minimum absolute atomic E-state index is 0.0304. The van der Waals surface area contributed by atoms with Gasteiger partial charge < -0.3 is 10.2 Å². The normalized spacial score (nSPS) is 12.6. The van der Waals surface area contributed by atoms with Crippen LogP contribution in [-0.2, 0) is 32.3 Å². The summed E-state index contributed by atoms with van der Waals surface area (Å²) in [6, 6.07) is 14.5. The van der Waals surface area contributed by atoms with Crippen LogP contribution in [0.15, 0.2) is 71.6 Å². The Morgan fingerprint density at radius 3 is 2.16 bits per heavy atom. The third-order valence-electron chi connectivity index (χ3n) is 6.68. The minimum atomic E-state index is -4.88. The van der Waals surface area contributed by atoms with E-state index in [9.17, 15) is 31.2 Å². The number of nitrogens with one attached hydrogen (secondary N) is 1. The predicted molar refractivity (Wildman–Crippen MR) is 161 cm³/mol. The number of rotatable bonds is 11. The molecule has 0 radical (unpaired) electrons. The summed E-state index contributed by atoms with van der Waals surface area (Å²) >= 11 is 5.82. The summed E-state index contributed by atoms with van der Waals surface area (Å²) in [5.41, 5.74) is 0.721. The number of benzene rings is 3. The molecule has 232 valence electrons. The summed E-state index contributed by atoms with van der Waals surface area (Å²) in [7, 11) is -4.55. The first-order valence-corrected chi connectivity index (χ1v) is 15.5. The number of nitrogens with zero attached hydrogens (tertiary/aromatic N) is 2. The Labute approximate surface area is 255 Å². The molecule has 0 bridgehead atoms. The van der Waals surface area contributed by atoms with E-state index in [2.05, 4.69) is 5.32 Å². The number of hydrogen-bond donors (Lipinski definition) is 1. The molecule has 7 nitrogen and oxygen atoms in total. The Kier molecular flexibility index (Phi) is 10.9. The van der Waals surface area contributed by atoms with Crippen molar-refractivity contribution in [1.29, 1.82) is 0 Å². The molecule has 0 spiro atoms. The molecule has 0 saturated carbocycles. The Balaban J connectivity index is 2.16. The highest BCUT2D eigenvalue weighted by molar-refractivity contribution is 7.92. The number of hydrogen-bond acceptors (Lipinski definition) is 4. The van der Waals surface area contributed by atoms with Crippen molar-refractivity contribution >= 4 is 39.1 Å². The molecular weight excluding hydrogens is 603 g/mol. The minimum Gasteiger partial charge on any atom is -0.352 e. The molecule has 0 fully saturated rings. The van der Waals surface area contributed by atoms with Crippen LogP contribution in [0.4, 0.5) is 18.9 Å². The maximum atomic E-state index is 14.1. The lowest BCUT2D eigenvalue weighted by molar-refractivity contribution is -0.140. The van der Waals surface area contributed by atoms with E-state index in [0.717, 1.165) is 23.3 Å². The van der Waals surface area contributed by atoms with Crippen molar-refractivity contribution in [3.05, 3.63) is 94.0 Å². The van der Waals surface area contributed by atoms with Gasteiger partial charge in [0.05, 0.1) is 21.2 Å². The van der Waals surface area contributed by atoms with Crippen molar-refractivity contribution in [2.24, 2.45) is 0 Å². The highest BCUT2D eigenvalue weighted by Crippen LogP contribution is 2.38. The Morgan fingerprint density at radius 1 is 0.953 bits per heavy atom. The van der Waals surface area contributed by atoms with Crippen molar-refractivity contribution in [2.75, 3.05) is 10.8 Å². The quantitative estimate of drug-likeness (QED) is 0.260. The SMILES string of the molecule is CC[C@@H](C(=O)NC(C)C)N(Cc1cccc(C)c1)C(=O)CN(c1ccc(Cl)c(C(F)(F)F)c1)S(=O)(=O)c1ccc(C)cc1. The Bertz CT molecular complexity index is 1560. The second-order valence-corrected chi connectivity index (χ2v) is 12.9. The average Bonchev–Trinajstić information content (AvgIpc) is 2.91. The number of sulfonamides is 1. The van der Waals surface area contributed by atoms with E-state index in [1.807, 2.05) is 19.1 Å². The van der Waals surface area contributed by atoms with Crippen LogP contribution in [0, 0.1) is 13.8 Å². The van der Waals surface area contributed by atoms with Gasteiger partial charge in [0.1, 0.15) is 12.6 Å². The van der Waals surface area contributed by atoms with Gasteiger partial charge in [0.15, 0.2) is 0 Å². The van der Waals surface area contributed by atoms with E-state index in [1.165, 1.54) is 17.0 Å². The van der Waals surface area contributed by atoms with E-state index in [1.54, 1.807) is 52.0 Å². The monoisotopic (exact) mass is 637 g/mol. The molecule has 3 aromatic carbocycles. The zero-order valence-corrected chi connectivity index (χ0v) is 26.1. The van der Waals surface area contributed by atoms with Gasteiger partial charge in [0.25, 0.3) is 10.0 Å². The lowest BCUT2D eigenvalue weighted by Crippen LogP contribution is -2.53. The lowest BCUT2D eigenvalue weighted by Gasteiger charge is -2.33. The van der Waals surface area contributed by atoms with Gasteiger partial charge in [-0.3, -0.25) is 13.9 Å². The third kappa shape index (κ3) is 8.51. The third-order valence-corrected chi connectivity index (χ3v) is 8.80. The zero-order chi connectivity index (χ0) is 32.1. The fourth-order valence-electron chi connectivity index (χ4n) is 4.56. The molecule has 0 aliphatic carbocycles. The summed E-state index contributed by atoms with van der Waals surface area (Å²) in [5.74, 6) is -1.20. The highest BCUT2D eigenvalue weighted by Gasteiger charge is 2.37. The first-order chi connectivity index (χ1) is 20.0. The van der Waals surface area contributed by atoms with Crippen LogP contribution in [0.2, 0.25) is 5.02 Å². The zero-order valence-electron chi connectivity index (χ0n) is 24.6. The van der Waals surface area contributed by atoms with Crippen LogP contribution in [0.25, 0.3) is 0 Å². The first kappa shape index (κ1) is 33.9. The van der Waals surface area contributed by atoms with Crippen LogP contribution in [0.5, 0.6) is 0 Å². The van der Waals surface area contributed by atoms with Gasteiger partial charge in [0, 0.05) is 12.6 Å². The Hall–Kier alpha value is -3.57. The van der Waals surface area contributed by atoms with Gasteiger partial charge in [-0.1, -0.05) is 66.0 Å². The number of anilines is 1. The second-order valence-electron chi connectivity index (χ2n) is 10.6. The van der Waals surface area contributed by atoms with Crippen molar-refractivity contribution in [2.45, 2.75) is 70.7 Å². The van der Waals surface area contributed by atoms with Gasteiger partial charge in [-0.15, -0.1) is 0 Å². The molecule has 0 aliphatic rings. The molecular formula is C31H35ClF3N3O4S. The molecule has 0 aliphatic heterocycles. The fraction of sp³-hybridized carbons (Fsp3) is 0.355. The van der Waals surface area contributed by atoms with Crippen molar-refractivity contribution < 1.29 is 31.2 Å².